The number of aromatic nitrogens is 2. The van der Waals surface area contributed by atoms with Crippen molar-refractivity contribution in [3.63, 3.8) is 0 Å². The van der Waals surface area contributed by atoms with Gasteiger partial charge >= 0.3 is 12.1 Å². The van der Waals surface area contributed by atoms with Gasteiger partial charge in [-0.1, -0.05) is 55.4 Å². The van der Waals surface area contributed by atoms with Gasteiger partial charge in [0, 0.05) is 49.1 Å². The third-order valence-electron chi connectivity index (χ3n) is 8.82. The third-order valence-corrected chi connectivity index (χ3v) is 8.82. The number of carbonyl (C=O) groups excluding carboxylic acids is 3. The standard InChI is InChI=1S/C30H30F3N5O5/c1-28(2)16-37(14-17-3-5-18(6-4-17)24-35-27(43-36-24)30(31,32)33)12-11-29(28,42)20-7-8-21-19(13-20)15-38(26(21)41)22-9-10-23(39)34-25(22)40/h3-8,13,22,42H,9-12,14-16H2,1-2H3,(H,34,39,40). The molecule has 2 saturated heterocycles. The van der Waals surface area contributed by atoms with Crippen molar-refractivity contribution >= 4 is 17.7 Å². The number of nitrogens with one attached hydrogen (secondary N) is 1. The minimum atomic E-state index is -4.71. The second-order valence-corrected chi connectivity index (χ2v) is 12.1. The number of amides is 3. The molecule has 2 N–H and O–H groups in total. The number of carbonyl (C=O) groups is 3. The van der Waals surface area contributed by atoms with Crippen LogP contribution >= 0.6 is 0 Å². The Morgan fingerprint density at radius 3 is 2.51 bits per heavy atom. The highest BCUT2D eigenvalue weighted by atomic mass is 19.4. The van der Waals surface area contributed by atoms with Gasteiger partial charge in [0.05, 0.1) is 5.60 Å². The zero-order valence-electron chi connectivity index (χ0n) is 23.6. The predicted octanol–water partition coefficient (Wildman–Crippen LogP) is 3.64. The molecule has 0 saturated carbocycles. The molecule has 4 heterocycles. The quantitative estimate of drug-likeness (QED) is 0.427. The van der Waals surface area contributed by atoms with Crippen molar-refractivity contribution in [2.24, 2.45) is 5.41 Å². The van der Waals surface area contributed by atoms with Gasteiger partial charge < -0.3 is 14.5 Å². The Morgan fingerprint density at radius 2 is 1.86 bits per heavy atom. The van der Waals surface area contributed by atoms with E-state index in [1.165, 1.54) is 4.90 Å². The van der Waals surface area contributed by atoms with Crippen LogP contribution < -0.4 is 5.32 Å². The van der Waals surface area contributed by atoms with E-state index in [1.54, 1.807) is 36.4 Å². The summed E-state index contributed by atoms with van der Waals surface area (Å²) in [6.07, 6.45) is -3.81. The summed E-state index contributed by atoms with van der Waals surface area (Å²) >= 11 is 0. The molecule has 2 fully saturated rings. The molecular formula is C30H30F3N5O5. The molecule has 0 aliphatic carbocycles. The normalized spacial score (nSPS) is 24.3. The van der Waals surface area contributed by atoms with E-state index in [2.05, 4.69) is 24.9 Å². The SMILES string of the molecule is CC1(C)CN(Cc2ccc(-c3noc(C(F)(F)F)n3)cc2)CCC1(O)c1ccc2c(c1)CN(C1CCC(=O)NC1=O)C2=O. The van der Waals surface area contributed by atoms with Crippen LogP contribution in [-0.4, -0.2) is 61.9 Å². The number of halogens is 3. The first-order chi connectivity index (χ1) is 20.2. The second kappa shape index (κ2) is 10.3. The van der Waals surface area contributed by atoms with Crippen LogP contribution in [0.4, 0.5) is 13.2 Å². The maximum atomic E-state index is 13.1. The number of piperidine rings is 2. The first-order valence-corrected chi connectivity index (χ1v) is 14.0. The molecule has 2 unspecified atom stereocenters. The van der Waals surface area contributed by atoms with Crippen molar-refractivity contribution in [1.82, 2.24) is 25.3 Å². The Balaban J connectivity index is 1.13. The van der Waals surface area contributed by atoms with Gasteiger partial charge in [-0.05, 0) is 35.6 Å². The molecule has 3 aliphatic heterocycles. The molecule has 13 heteroatoms. The maximum absolute atomic E-state index is 13.1. The second-order valence-electron chi connectivity index (χ2n) is 12.1. The van der Waals surface area contributed by atoms with E-state index in [1.807, 2.05) is 19.9 Å². The summed E-state index contributed by atoms with van der Waals surface area (Å²) < 4.78 is 42.7. The van der Waals surface area contributed by atoms with E-state index in [9.17, 15) is 32.7 Å². The number of nitrogens with zero attached hydrogens (tertiary/aromatic N) is 4. The number of hydrogen-bond acceptors (Lipinski definition) is 8. The Bertz CT molecular complexity index is 1600. The first kappa shape index (κ1) is 29.0. The molecule has 0 spiro atoms. The molecule has 3 aliphatic rings. The summed E-state index contributed by atoms with van der Waals surface area (Å²) in [5.74, 6) is -2.60. The number of likely N-dealkylation sites (tertiary alicyclic amines) is 1. The van der Waals surface area contributed by atoms with Crippen LogP contribution in [0.3, 0.4) is 0 Å². The van der Waals surface area contributed by atoms with Gasteiger partial charge in [-0.2, -0.15) is 18.2 Å². The number of rotatable bonds is 5. The molecule has 43 heavy (non-hydrogen) atoms. The highest BCUT2D eigenvalue weighted by Crippen LogP contribution is 2.47. The fourth-order valence-corrected chi connectivity index (χ4v) is 6.40. The molecule has 10 nitrogen and oxygen atoms in total. The monoisotopic (exact) mass is 597 g/mol. The molecule has 2 atom stereocenters. The lowest BCUT2D eigenvalue weighted by Crippen LogP contribution is -2.55. The number of fused-ring (bicyclic) bond motifs is 1. The van der Waals surface area contributed by atoms with Gasteiger partial charge in [0.15, 0.2) is 0 Å². The predicted molar refractivity (Wildman–Crippen MR) is 145 cm³/mol. The van der Waals surface area contributed by atoms with Crippen molar-refractivity contribution in [2.75, 3.05) is 13.1 Å². The van der Waals surface area contributed by atoms with Crippen LogP contribution in [0.5, 0.6) is 0 Å². The number of aliphatic hydroxyl groups is 1. The average molecular weight is 598 g/mol. The summed E-state index contributed by atoms with van der Waals surface area (Å²) in [5, 5.41) is 17.8. The minimum Gasteiger partial charge on any atom is -0.385 e. The summed E-state index contributed by atoms with van der Waals surface area (Å²) in [4.78, 5) is 44.2. The molecule has 2 aromatic carbocycles. The lowest BCUT2D eigenvalue weighted by Gasteiger charge is -2.50. The number of imide groups is 1. The van der Waals surface area contributed by atoms with E-state index in [4.69, 9.17) is 0 Å². The van der Waals surface area contributed by atoms with Crippen molar-refractivity contribution < 1.29 is 37.2 Å². The van der Waals surface area contributed by atoms with E-state index >= 15 is 0 Å². The average Bonchev–Trinajstić information content (AvgIpc) is 3.57. The molecule has 0 radical (unpaired) electrons. The minimum absolute atomic E-state index is 0.140. The molecule has 0 bridgehead atoms. The maximum Gasteiger partial charge on any atom is 0.471 e. The fourth-order valence-electron chi connectivity index (χ4n) is 6.40. The number of benzene rings is 2. The van der Waals surface area contributed by atoms with Gasteiger partial charge in [0.2, 0.25) is 17.6 Å². The zero-order chi connectivity index (χ0) is 30.7. The smallest absolute Gasteiger partial charge is 0.385 e. The first-order valence-electron chi connectivity index (χ1n) is 14.0. The highest BCUT2D eigenvalue weighted by molar-refractivity contribution is 6.05. The Morgan fingerprint density at radius 1 is 1.12 bits per heavy atom. The summed E-state index contributed by atoms with van der Waals surface area (Å²) in [7, 11) is 0. The van der Waals surface area contributed by atoms with Gasteiger partial charge in [-0.15, -0.1) is 0 Å². The molecule has 226 valence electrons. The Kier molecular flexibility index (Phi) is 6.92. The largest absolute Gasteiger partial charge is 0.471 e. The van der Waals surface area contributed by atoms with Crippen LogP contribution in [0, 0.1) is 5.41 Å². The van der Waals surface area contributed by atoms with Crippen LogP contribution in [0.25, 0.3) is 11.4 Å². The summed E-state index contributed by atoms with van der Waals surface area (Å²) in [6.45, 7) is 5.92. The molecule has 3 amide bonds. The lowest BCUT2D eigenvalue weighted by molar-refractivity contribution is -0.159. The topological polar surface area (TPSA) is 129 Å². The zero-order valence-corrected chi connectivity index (χ0v) is 23.6. The van der Waals surface area contributed by atoms with Crippen LogP contribution in [0.15, 0.2) is 47.0 Å². The van der Waals surface area contributed by atoms with Crippen LogP contribution in [0.1, 0.15) is 66.0 Å². The van der Waals surface area contributed by atoms with Crippen molar-refractivity contribution in [3.8, 4) is 11.4 Å². The Hall–Kier alpha value is -4.10. The van der Waals surface area contributed by atoms with E-state index in [0.29, 0.717) is 42.7 Å². The Labute approximate surface area is 244 Å². The molecule has 1 aromatic heterocycles. The van der Waals surface area contributed by atoms with E-state index < -0.39 is 35.0 Å². The lowest BCUT2D eigenvalue weighted by atomic mass is 9.66. The highest BCUT2D eigenvalue weighted by Gasteiger charge is 2.49. The van der Waals surface area contributed by atoms with Gasteiger partial charge in [-0.3, -0.25) is 24.6 Å². The summed E-state index contributed by atoms with van der Waals surface area (Å²) in [5.41, 5.74) is 1.52. The van der Waals surface area contributed by atoms with Crippen molar-refractivity contribution in [3.05, 3.63) is 70.6 Å². The molecular weight excluding hydrogens is 567 g/mol. The number of alkyl halides is 3. The van der Waals surface area contributed by atoms with Gasteiger partial charge in [-0.25, -0.2) is 0 Å². The molecule has 3 aromatic rings. The van der Waals surface area contributed by atoms with Gasteiger partial charge in [0.25, 0.3) is 5.91 Å². The number of hydrogen-bond donors (Lipinski definition) is 2. The third kappa shape index (κ3) is 5.20. The van der Waals surface area contributed by atoms with E-state index in [0.717, 1.165) is 11.1 Å². The van der Waals surface area contributed by atoms with Crippen LogP contribution in [-0.2, 0) is 34.5 Å². The summed E-state index contributed by atoms with van der Waals surface area (Å²) in [6, 6.07) is 11.5. The van der Waals surface area contributed by atoms with E-state index in [-0.39, 0.29) is 37.0 Å². The molecule has 6 rings (SSSR count). The van der Waals surface area contributed by atoms with Gasteiger partial charge in [0.1, 0.15) is 6.04 Å². The van der Waals surface area contributed by atoms with Crippen molar-refractivity contribution in [2.45, 2.75) is 64.0 Å². The van der Waals surface area contributed by atoms with Crippen LogP contribution in [0.2, 0.25) is 0 Å². The van der Waals surface area contributed by atoms with Crippen molar-refractivity contribution in [1.29, 1.82) is 0 Å². The fraction of sp³-hybridized carbons (Fsp3) is 0.433.